The Labute approximate surface area is 81.1 Å². The maximum atomic E-state index is 12.3. The molecule has 1 radical (unpaired) electrons. The first kappa shape index (κ1) is 10.8. The lowest BCUT2D eigenvalue weighted by Gasteiger charge is -2.09. The fourth-order valence-electron chi connectivity index (χ4n) is 1.23. The molecular weight excluding hydrogens is 189 g/mol. The number of hydrogen-bond donors (Lipinski definition) is 0. The molecule has 0 aliphatic heterocycles. The fraction of sp³-hybridized carbons (Fsp3) is 0.273. The van der Waals surface area contributed by atoms with Crippen molar-refractivity contribution in [3.63, 3.8) is 0 Å². The first-order valence-corrected chi connectivity index (χ1v) is 4.22. The van der Waals surface area contributed by atoms with Crippen molar-refractivity contribution in [2.45, 2.75) is 19.5 Å². The summed E-state index contributed by atoms with van der Waals surface area (Å²) in [6.45, 7) is 5.25. The zero-order valence-corrected chi connectivity index (χ0v) is 7.78. The maximum absolute atomic E-state index is 12.3. The molecule has 0 spiro atoms. The molecule has 1 rings (SSSR count). The molecule has 0 N–H and O–H groups in total. The molecule has 0 nitrogen and oxygen atoms in total. The monoisotopic (exact) mass is 199 g/mol. The molecule has 0 saturated carbocycles. The van der Waals surface area contributed by atoms with Gasteiger partial charge in [0.2, 0.25) is 0 Å². The number of alkyl halides is 3. The Bertz CT molecular complexity index is 337. The first-order valence-electron chi connectivity index (χ1n) is 4.22. The van der Waals surface area contributed by atoms with Gasteiger partial charge in [-0.3, -0.25) is 0 Å². The summed E-state index contributed by atoms with van der Waals surface area (Å²) in [5.41, 5.74) is 0.608. The molecule has 0 heterocycles. The van der Waals surface area contributed by atoms with Gasteiger partial charge in [-0.25, -0.2) is 0 Å². The van der Waals surface area contributed by atoms with E-state index in [1.807, 2.05) is 6.92 Å². The van der Waals surface area contributed by atoms with Gasteiger partial charge in [-0.2, -0.15) is 13.2 Å². The number of benzene rings is 1. The van der Waals surface area contributed by atoms with Crippen molar-refractivity contribution >= 4 is 0 Å². The van der Waals surface area contributed by atoms with Crippen LogP contribution in [0.15, 0.2) is 24.8 Å². The minimum Gasteiger partial charge on any atom is -0.166 e. The van der Waals surface area contributed by atoms with E-state index in [-0.39, 0.29) is 0 Å². The highest BCUT2D eigenvalue weighted by Crippen LogP contribution is 2.30. The highest BCUT2D eigenvalue weighted by Gasteiger charge is 2.30. The summed E-state index contributed by atoms with van der Waals surface area (Å²) < 4.78 is 36.9. The van der Waals surface area contributed by atoms with Crippen molar-refractivity contribution in [1.82, 2.24) is 0 Å². The average molecular weight is 199 g/mol. The topological polar surface area (TPSA) is 0 Å². The Kier molecular flexibility index (Phi) is 2.99. The van der Waals surface area contributed by atoms with Crippen LogP contribution in [0, 0.1) is 6.08 Å². The molecule has 0 amide bonds. The Balaban J connectivity index is 3.21. The van der Waals surface area contributed by atoms with Gasteiger partial charge in [-0.15, -0.1) is 0 Å². The van der Waals surface area contributed by atoms with Gasteiger partial charge in [0, 0.05) is 0 Å². The Morgan fingerprint density at radius 3 is 2.43 bits per heavy atom. The molecule has 3 heteroatoms. The van der Waals surface area contributed by atoms with Crippen molar-refractivity contribution in [2.24, 2.45) is 0 Å². The van der Waals surface area contributed by atoms with Crippen molar-refractivity contribution in [1.29, 1.82) is 0 Å². The van der Waals surface area contributed by atoms with E-state index in [1.54, 1.807) is 0 Å². The lowest BCUT2D eigenvalue weighted by molar-refractivity contribution is -0.137. The maximum Gasteiger partial charge on any atom is 0.416 e. The number of hydrogen-bond acceptors (Lipinski definition) is 0. The molecule has 0 atom stereocenters. The molecule has 75 valence electrons. The average Bonchev–Trinajstić information content (AvgIpc) is 2.15. The quantitative estimate of drug-likeness (QED) is 0.682. The van der Waals surface area contributed by atoms with Crippen molar-refractivity contribution in [2.75, 3.05) is 0 Å². The second kappa shape index (κ2) is 3.86. The summed E-state index contributed by atoms with van der Waals surface area (Å²) in [6.07, 6.45) is -1.11. The van der Waals surface area contributed by atoms with Crippen LogP contribution in [0.3, 0.4) is 0 Å². The van der Waals surface area contributed by atoms with Crippen LogP contribution >= 0.6 is 0 Å². The van der Waals surface area contributed by atoms with Crippen LogP contribution in [0.1, 0.15) is 23.6 Å². The lowest BCUT2D eigenvalue weighted by Crippen LogP contribution is -2.05. The number of halogens is 3. The molecule has 0 fully saturated rings. The number of aryl methyl sites for hydroxylation is 1. The van der Waals surface area contributed by atoms with Crippen LogP contribution in [-0.4, -0.2) is 0 Å². The summed E-state index contributed by atoms with van der Waals surface area (Å²) in [6, 6.07) is 3.63. The van der Waals surface area contributed by atoms with E-state index in [1.165, 1.54) is 6.07 Å². The van der Waals surface area contributed by atoms with Crippen LogP contribution in [-0.2, 0) is 12.6 Å². The Hall–Kier alpha value is -1.25. The zero-order chi connectivity index (χ0) is 10.8. The highest BCUT2D eigenvalue weighted by molar-refractivity contribution is 5.36. The molecule has 0 aromatic heterocycles. The summed E-state index contributed by atoms with van der Waals surface area (Å²) in [5.74, 6) is 0. The van der Waals surface area contributed by atoms with Gasteiger partial charge in [0.15, 0.2) is 0 Å². The first-order chi connectivity index (χ1) is 6.49. The van der Waals surface area contributed by atoms with Gasteiger partial charge in [0.1, 0.15) is 0 Å². The molecule has 1 aromatic carbocycles. The van der Waals surface area contributed by atoms with Crippen LogP contribution in [0.2, 0.25) is 0 Å². The van der Waals surface area contributed by atoms with Crippen LogP contribution in [0.4, 0.5) is 13.2 Å². The third-order valence-corrected chi connectivity index (χ3v) is 2.01. The van der Waals surface area contributed by atoms with Crippen LogP contribution < -0.4 is 0 Å². The Morgan fingerprint density at radius 2 is 2.00 bits per heavy atom. The minimum atomic E-state index is -4.29. The minimum absolute atomic E-state index is 0.433. The summed E-state index contributed by atoms with van der Waals surface area (Å²) in [4.78, 5) is 0. The molecule has 0 aliphatic rings. The predicted molar refractivity (Wildman–Crippen MR) is 48.8 cm³/mol. The summed E-state index contributed by atoms with van der Waals surface area (Å²) in [7, 11) is 0. The van der Waals surface area contributed by atoms with Crippen molar-refractivity contribution in [3.8, 4) is 0 Å². The van der Waals surface area contributed by atoms with Gasteiger partial charge in [0.25, 0.3) is 0 Å². The molecule has 0 aliphatic carbocycles. The molecular formula is C11H10F3. The van der Waals surface area contributed by atoms with E-state index in [2.05, 4.69) is 12.7 Å². The molecule has 0 unspecified atom stereocenters. The van der Waals surface area contributed by atoms with Gasteiger partial charge < -0.3 is 0 Å². The molecule has 0 bridgehead atoms. The van der Waals surface area contributed by atoms with Gasteiger partial charge >= 0.3 is 6.18 Å². The van der Waals surface area contributed by atoms with Gasteiger partial charge in [-0.1, -0.05) is 19.6 Å². The number of rotatable bonds is 2. The van der Waals surface area contributed by atoms with Gasteiger partial charge in [-0.05, 0) is 35.8 Å². The molecule has 14 heavy (non-hydrogen) atoms. The second-order valence-electron chi connectivity index (χ2n) is 2.90. The van der Waals surface area contributed by atoms with E-state index in [4.69, 9.17) is 0 Å². The molecule has 1 aromatic rings. The van der Waals surface area contributed by atoms with Crippen molar-refractivity contribution in [3.05, 3.63) is 47.5 Å². The van der Waals surface area contributed by atoms with E-state index in [9.17, 15) is 13.2 Å². The highest BCUT2D eigenvalue weighted by atomic mass is 19.4. The lowest BCUT2D eigenvalue weighted by atomic mass is 10.0. The molecule has 0 saturated heterocycles. The summed E-state index contributed by atoms with van der Waals surface area (Å²) in [5, 5.41) is 0. The van der Waals surface area contributed by atoms with Crippen molar-refractivity contribution < 1.29 is 13.2 Å². The van der Waals surface area contributed by atoms with Crippen LogP contribution in [0.5, 0.6) is 0 Å². The largest absolute Gasteiger partial charge is 0.416 e. The van der Waals surface area contributed by atoms with Crippen LogP contribution in [0.25, 0.3) is 0 Å². The Morgan fingerprint density at radius 1 is 1.36 bits per heavy atom. The van der Waals surface area contributed by atoms with E-state index >= 15 is 0 Å². The summed E-state index contributed by atoms with van der Waals surface area (Å²) >= 11 is 0. The van der Waals surface area contributed by atoms with E-state index < -0.39 is 11.7 Å². The van der Waals surface area contributed by atoms with E-state index in [0.29, 0.717) is 12.0 Å². The third kappa shape index (κ3) is 2.16. The van der Waals surface area contributed by atoms with Gasteiger partial charge in [0.05, 0.1) is 5.56 Å². The zero-order valence-electron chi connectivity index (χ0n) is 7.78. The normalized spacial score (nSPS) is 11.4. The standard InChI is InChI=1S/C11H10F3/c1-3-8-5-6-10(11(12,13)14)7-9(8)4-2/h5-7H,2-3H2,1H3. The smallest absolute Gasteiger partial charge is 0.166 e. The third-order valence-electron chi connectivity index (χ3n) is 2.01. The SMILES string of the molecule is C=[C]c1cc(C(F)(F)F)ccc1CC. The predicted octanol–water partition coefficient (Wildman–Crippen LogP) is 3.61. The van der Waals surface area contributed by atoms with E-state index in [0.717, 1.165) is 17.7 Å². The second-order valence-corrected chi connectivity index (χ2v) is 2.90. The fourth-order valence-corrected chi connectivity index (χ4v) is 1.23.